The molecule has 4 heteroatoms. The van der Waals surface area contributed by atoms with Gasteiger partial charge in [0.05, 0.1) is 17.8 Å². The zero-order valence-electron chi connectivity index (χ0n) is 24.7. The van der Waals surface area contributed by atoms with Crippen molar-refractivity contribution >= 4 is 0 Å². The number of aliphatic hydroxyl groups excluding tert-OH is 2. The van der Waals surface area contributed by atoms with E-state index < -0.39 is 5.60 Å². The third-order valence-electron chi connectivity index (χ3n) is 8.01. The number of rotatable bonds is 6. The summed E-state index contributed by atoms with van der Waals surface area (Å²) < 4.78 is 6.25. The lowest BCUT2D eigenvalue weighted by Crippen LogP contribution is -2.47. The molecule has 0 aromatic heterocycles. The van der Waals surface area contributed by atoms with Gasteiger partial charge in [-0.1, -0.05) is 64.3 Å². The van der Waals surface area contributed by atoms with Gasteiger partial charge in [-0.3, -0.25) is 0 Å². The summed E-state index contributed by atoms with van der Waals surface area (Å²) in [7, 11) is 1.00. The number of ether oxygens (including phenoxy) is 1. The molecule has 0 aliphatic heterocycles. The van der Waals surface area contributed by atoms with Gasteiger partial charge in [-0.05, 0) is 102 Å². The first-order valence-corrected chi connectivity index (χ1v) is 14.5. The normalized spacial score (nSPS) is 31.6. The first-order chi connectivity index (χ1) is 16.7. The highest BCUT2D eigenvalue weighted by molar-refractivity contribution is 5.25. The largest absolute Gasteiger partial charge is 0.400 e. The van der Waals surface area contributed by atoms with Gasteiger partial charge in [0.2, 0.25) is 0 Å². The Bertz CT molecular complexity index is 604. The van der Waals surface area contributed by atoms with Gasteiger partial charge in [0.1, 0.15) is 0 Å². The first kappa shape index (κ1) is 34.3. The fraction of sp³-hybridized carbons (Fsp3) is 0.871. The van der Waals surface area contributed by atoms with Crippen LogP contribution >= 0.6 is 0 Å². The van der Waals surface area contributed by atoms with Gasteiger partial charge in [0.15, 0.2) is 0 Å². The smallest absolute Gasteiger partial charge is 0.0613 e. The summed E-state index contributed by atoms with van der Waals surface area (Å²) in [4.78, 5) is 0. The Balaban J connectivity index is 0.00000179. The molecule has 0 heterocycles. The van der Waals surface area contributed by atoms with Crippen molar-refractivity contribution < 1.29 is 20.1 Å². The summed E-state index contributed by atoms with van der Waals surface area (Å²) >= 11 is 0. The SMILES string of the molecule is CC.CC.CO.C[C@@H](OCCC(C)(C)O)C1CCCC2/C(=C/C=C3/CCCC(O)C3)CCCC21C. The number of fused-ring (bicyclic) bond motifs is 1. The van der Waals surface area contributed by atoms with Crippen LogP contribution in [0, 0.1) is 17.3 Å². The van der Waals surface area contributed by atoms with Crippen molar-refractivity contribution in [1.29, 1.82) is 0 Å². The summed E-state index contributed by atoms with van der Waals surface area (Å²) in [6.07, 6.45) is 17.3. The number of hydrogen-bond acceptors (Lipinski definition) is 4. The van der Waals surface area contributed by atoms with E-state index in [1.807, 2.05) is 41.5 Å². The van der Waals surface area contributed by atoms with Crippen molar-refractivity contribution in [3.63, 3.8) is 0 Å². The van der Waals surface area contributed by atoms with Crippen LogP contribution in [0.25, 0.3) is 0 Å². The van der Waals surface area contributed by atoms with E-state index in [1.54, 1.807) is 5.57 Å². The first-order valence-electron chi connectivity index (χ1n) is 14.5. The van der Waals surface area contributed by atoms with Crippen LogP contribution in [0.1, 0.15) is 126 Å². The van der Waals surface area contributed by atoms with Gasteiger partial charge >= 0.3 is 0 Å². The van der Waals surface area contributed by atoms with Crippen LogP contribution < -0.4 is 0 Å². The molecule has 3 saturated carbocycles. The molecule has 0 aromatic rings. The molecule has 0 saturated heterocycles. The fourth-order valence-corrected chi connectivity index (χ4v) is 6.30. The molecular weight excluding hydrogens is 436 g/mol. The van der Waals surface area contributed by atoms with E-state index in [4.69, 9.17) is 9.84 Å². The molecule has 0 aromatic carbocycles. The topological polar surface area (TPSA) is 69.9 Å². The van der Waals surface area contributed by atoms with Crippen molar-refractivity contribution in [3.05, 3.63) is 23.3 Å². The molecule has 0 bridgehead atoms. The van der Waals surface area contributed by atoms with Crippen molar-refractivity contribution in [2.45, 2.75) is 144 Å². The predicted molar refractivity (Wildman–Crippen MR) is 151 cm³/mol. The maximum atomic E-state index is 9.99. The molecule has 5 atom stereocenters. The van der Waals surface area contributed by atoms with Gasteiger partial charge in [0.25, 0.3) is 0 Å². The lowest BCUT2D eigenvalue weighted by atomic mass is 9.53. The zero-order valence-corrected chi connectivity index (χ0v) is 24.7. The van der Waals surface area contributed by atoms with Crippen LogP contribution in [0.2, 0.25) is 0 Å². The van der Waals surface area contributed by atoms with Gasteiger partial charge < -0.3 is 20.1 Å². The van der Waals surface area contributed by atoms with Gasteiger partial charge in [0, 0.05) is 13.7 Å². The molecule has 35 heavy (non-hydrogen) atoms. The minimum absolute atomic E-state index is 0.133. The van der Waals surface area contributed by atoms with E-state index in [0.717, 1.165) is 32.8 Å². The third-order valence-corrected chi connectivity index (χ3v) is 8.01. The Morgan fingerprint density at radius 2 is 1.66 bits per heavy atom. The van der Waals surface area contributed by atoms with Crippen LogP contribution in [0.4, 0.5) is 0 Å². The Morgan fingerprint density at radius 3 is 2.26 bits per heavy atom. The van der Waals surface area contributed by atoms with Crippen LogP contribution in [0.3, 0.4) is 0 Å². The molecule has 0 amide bonds. The highest BCUT2D eigenvalue weighted by Gasteiger charge is 2.48. The van der Waals surface area contributed by atoms with Crippen molar-refractivity contribution in [1.82, 2.24) is 0 Å². The minimum atomic E-state index is -0.653. The van der Waals surface area contributed by atoms with Gasteiger partial charge in [-0.2, -0.15) is 0 Å². The van der Waals surface area contributed by atoms with Crippen molar-refractivity contribution in [2.75, 3.05) is 13.7 Å². The van der Waals surface area contributed by atoms with Crippen LogP contribution in [0.5, 0.6) is 0 Å². The highest BCUT2D eigenvalue weighted by atomic mass is 16.5. The molecule has 3 aliphatic rings. The maximum absolute atomic E-state index is 9.99. The Hall–Kier alpha value is -0.680. The van der Waals surface area contributed by atoms with Gasteiger partial charge in [-0.25, -0.2) is 0 Å². The lowest BCUT2D eigenvalue weighted by Gasteiger charge is -2.53. The number of aliphatic hydroxyl groups is 3. The van der Waals surface area contributed by atoms with Gasteiger partial charge in [-0.15, -0.1) is 0 Å². The molecule has 3 fully saturated rings. The average molecular weight is 497 g/mol. The minimum Gasteiger partial charge on any atom is -0.400 e. The molecular formula is C31H60O4. The Morgan fingerprint density at radius 1 is 1.00 bits per heavy atom. The van der Waals surface area contributed by atoms with Crippen LogP contribution in [-0.4, -0.2) is 46.8 Å². The number of hydrogen-bond donors (Lipinski definition) is 3. The van der Waals surface area contributed by atoms with E-state index in [2.05, 4.69) is 26.0 Å². The molecule has 0 radical (unpaired) electrons. The third kappa shape index (κ3) is 11.1. The second-order valence-corrected chi connectivity index (χ2v) is 10.9. The predicted octanol–water partition coefficient (Wildman–Crippen LogP) is 7.61. The summed E-state index contributed by atoms with van der Waals surface area (Å²) in [6.45, 7) is 17.1. The van der Waals surface area contributed by atoms with E-state index in [-0.39, 0.29) is 12.2 Å². The molecule has 0 spiro atoms. The second-order valence-electron chi connectivity index (χ2n) is 10.9. The summed E-state index contributed by atoms with van der Waals surface area (Å²) in [5.74, 6) is 1.26. The van der Waals surface area contributed by atoms with Crippen molar-refractivity contribution in [3.8, 4) is 0 Å². The maximum Gasteiger partial charge on any atom is 0.0613 e. The Labute approximate surface area is 218 Å². The summed E-state index contributed by atoms with van der Waals surface area (Å²) in [5.41, 5.74) is 2.74. The monoisotopic (exact) mass is 496 g/mol. The van der Waals surface area contributed by atoms with Crippen LogP contribution in [0.15, 0.2) is 23.3 Å². The molecule has 3 N–H and O–H groups in total. The standard InChI is InChI=1S/C26H44O3.2C2H6.CH4O/c1-19(29-17-16-25(2,3)28)23-11-6-12-24-21(9-7-15-26(23,24)4)14-13-20-8-5-10-22(27)18-20;3*1-2/h13-14,19,22-24,27-28H,5-12,15-18H2,1-4H3;2*1-2H3;2H,1H3/b20-13-,21-14+;;;/t19-,22?,23?,24?,26?;;;/m1.../s1. The summed E-state index contributed by atoms with van der Waals surface area (Å²) in [6, 6.07) is 0. The summed E-state index contributed by atoms with van der Waals surface area (Å²) in [5, 5.41) is 27.0. The zero-order chi connectivity index (χ0) is 27.1. The van der Waals surface area contributed by atoms with E-state index >= 15 is 0 Å². The Kier molecular flexibility index (Phi) is 17.4. The molecule has 3 aliphatic carbocycles. The van der Waals surface area contributed by atoms with Crippen molar-refractivity contribution in [2.24, 2.45) is 17.3 Å². The number of allylic oxidation sites excluding steroid dienone is 3. The molecule has 4 unspecified atom stereocenters. The van der Waals surface area contributed by atoms with E-state index in [0.29, 0.717) is 30.3 Å². The van der Waals surface area contributed by atoms with E-state index in [1.165, 1.54) is 44.1 Å². The second kappa shape index (κ2) is 17.7. The van der Waals surface area contributed by atoms with E-state index in [9.17, 15) is 10.2 Å². The quantitative estimate of drug-likeness (QED) is 0.354. The molecule has 208 valence electrons. The van der Waals surface area contributed by atoms with Crippen LogP contribution in [-0.2, 0) is 4.74 Å². The molecule has 3 rings (SSSR count). The molecule has 4 nitrogen and oxygen atoms in total. The lowest BCUT2D eigenvalue weighted by molar-refractivity contribution is -0.0814. The highest BCUT2D eigenvalue weighted by Crippen LogP contribution is 2.56. The fourth-order valence-electron chi connectivity index (χ4n) is 6.30. The average Bonchev–Trinajstić information content (AvgIpc) is 2.85.